The highest BCUT2D eigenvalue weighted by atomic mass is 16.7. The summed E-state index contributed by atoms with van der Waals surface area (Å²) in [6.45, 7) is 6.16. The quantitative estimate of drug-likeness (QED) is 0.684. The highest BCUT2D eigenvalue weighted by Crippen LogP contribution is 2.46. The van der Waals surface area contributed by atoms with Crippen LogP contribution in [-0.2, 0) is 20.7 Å². The molecule has 1 aliphatic heterocycles. The number of carbonyl (C=O) groups excluding carboxylic acids is 1. The van der Waals surface area contributed by atoms with Gasteiger partial charge in [0.2, 0.25) is 0 Å². The van der Waals surface area contributed by atoms with Gasteiger partial charge in [0.1, 0.15) is 17.1 Å². The highest BCUT2D eigenvalue weighted by molar-refractivity contribution is 5.93. The Balaban J connectivity index is 1.87. The van der Waals surface area contributed by atoms with E-state index in [1.165, 1.54) is 5.56 Å². The first kappa shape index (κ1) is 19.5. The fourth-order valence-corrected chi connectivity index (χ4v) is 4.15. The van der Waals surface area contributed by atoms with Gasteiger partial charge in [-0.15, -0.1) is 6.58 Å². The third-order valence-electron chi connectivity index (χ3n) is 5.69. The van der Waals surface area contributed by atoms with Gasteiger partial charge in [-0.2, -0.15) is 0 Å². The largest absolute Gasteiger partial charge is 0.495 e. The average molecular weight is 371 g/mol. The number of anilines is 1. The average Bonchev–Trinajstić information content (AvgIpc) is 3.06. The summed E-state index contributed by atoms with van der Waals surface area (Å²) in [5.74, 6) is 1.71. The van der Waals surface area contributed by atoms with Gasteiger partial charge in [-0.25, -0.2) is 0 Å². The zero-order valence-corrected chi connectivity index (χ0v) is 16.7. The maximum Gasteiger partial charge on any atom is 0.189 e. The summed E-state index contributed by atoms with van der Waals surface area (Å²) in [4.78, 5) is 14.4. The second kappa shape index (κ2) is 7.77. The molecule has 0 amide bonds. The van der Waals surface area contributed by atoms with Crippen LogP contribution in [0.2, 0.25) is 0 Å². The third kappa shape index (κ3) is 3.61. The van der Waals surface area contributed by atoms with E-state index >= 15 is 0 Å². The van der Waals surface area contributed by atoms with Gasteiger partial charge in [0.25, 0.3) is 0 Å². The highest BCUT2D eigenvalue weighted by Gasteiger charge is 2.51. The normalized spacial score (nSPS) is 25.3. The number of hydrogen-bond donors (Lipinski definition) is 0. The molecular weight excluding hydrogens is 342 g/mol. The van der Waals surface area contributed by atoms with Crippen molar-refractivity contribution in [2.75, 3.05) is 32.9 Å². The Morgan fingerprint density at radius 2 is 2.22 bits per heavy atom. The fourth-order valence-electron chi connectivity index (χ4n) is 4.15. The van der Waals surface area contributed by atoms with Crippen LogP contribution in [0.15, 0.2) is 42.7 Å². The van der Waals surface area contributed by atoms with E-state index in [9.17, 15) is 4.79 Å². The number of ether oxygens (including phenoxy) is 3. The maximum atomic E-state index is 12.4. The summed E-state index contributed by atoms with van der Waals surface area (Å²) < 4.78 is 17.3. The van der Waals surface area contributed by atoms with Crippen molar-refractivity contribution in [3.63, 3.8) is 0 Å². The van der Waals surface area contributed by atoms with Crippen LogP contribution >= 0.6 is 0 Å². The standard InChI is InChI=1S/C22H29NO4/c1-6-7-17-13-22(21(12-19(17)24)26-14-27-22)15(2)10-16-8-9-20(25-5)18(11-16)23(3)4/h6,8-9,11-12,15,17H,1,7,10,13-14H2,2-5H3/t15?,17-,22+/m0/s1. The molecule has 0 N–H and O–H groups in total. The number of benzene rings is 1. The zero-order valence-electron chi connectivity index (χ0n) is 16.7. The van der Waals surface area contributed by atoms with Crippen molar-refractivity contribution < 1.29 is 19.0 Å². The molecule has 27 heavy (non-hydrogen) atoms. The van der Waals surface area contributed by atoms with Crippen molar-refractivity contribution in [1.82, 2.24) is 0 Å². The SMILES string of the molecule is C=CC[C@H]1C[C@]2(C(C)Cc3ccc(OC)c(N(C)C)c3)OCOC2=CC1=O. The minimum atomic E-state index is -0.542. The van der Waals surface area contributed by atoms with Gasteiger partial charge in [0, 0.05) is 26.1 Å². The van der Waals surface area contributed by atoms with Gasteiger partial charge in [-0.3, -0.25) is 4.79 Å². The van der Waals surface area contributed by atoms with E-state index in [0.29, 0.717) is 18.6 Å². The van der Waals surface area contributed by atoms with Crippen molar-refractivity contribution >= 4 is 11.5 Å². The van der Waals surface area contributed by atoms with Crippen LogP contribution in [0.25, 0.3) is 0 Å². The first-order valence-electron chi connectivity index (χ1n) is 9.39. The molecule has 3 atom stereocenters. The van der Waals surface area contributed by atoms with Crippen LogP contribution in [-0.4, -0.2) is 39.4 Å². The number of rotatable bonds is 7. The lowest BCUT2D eigenvalue weighted by atomic mass is 9.71. The minimum absolute atomic E-state index is 0.0939. The summed E-state index contributed by atoms with van der Waals surface area (Å²) in [6.07, 6.45) is 5.57. The van der Waals surface area contributed by atoms with Gasteiger partial charge in [0.15, 0.2) is 12.6 Å². The van der Waals surface area contributed by atoms with Crippen molar-refractivity contribution in [2.45, 2.75) is 31.8 Å². The predicted molar refractivity (Wildman–Crippen MR) is 106 cm³/mol. The second-order valence-electron chi connectivity index (χ2n) is 7.64. The summed E-state index contributed by atoms with van der Waals surface area (Å²) in [7, 11) is 5.69. The number of methoxy groups -OCH3 is 1. The molecule has 1 fully saturated rings. The topological polar surface area (TPSA) is 48.0 Å². The molecule has 1 aliphatic carbocycles. The Hall–Kier alpha value is -2.27. The lowest BCUT2D eigenvalue weighted by Gasteiger charge is -2.38. The van der Waals surface area contributed by atoms with Gasteiger partial charge < -0.3 is 19.1 Å². The molecule has 0 spiro atoms. The minimum Gasteiger partial charge on any atom is -0.495 e. The van der Waals surface area contributed by atoms with E-state index in [4.69, 9.17) is 14.2 Å². The molecule has 1 aromatic carbocycles. The first-order chi connectivity index (χ1) is 12.9. The van der Waals surface area contributed by atoms with Crippen LogP contribution in [0.5, 0.6) is 5.75 Å². The van der Waals surface area contributed by atoms with E-state index in [-0.39, 0.29) is 24.4 Å². The third-order valence-corrected chi connectivity index (χ3v) is 5.69. The second-order valence-corrected chi connectivity index (χ2v) is 7.64. The van der Waals surface area contributed by atoms with E-state index in [2.05, 4.69) is 25.6 Å². The first-order valence-corrected chi connectivity index (χ1v) is 9.39. The molecular formula is C22H29NO4. The molecule has 2 aliphatic rings. The van der Waals surface area contributed by atoms with E-state index in [0.717, 1.165) is 17.9 Å². The summed E-state index contributed by atoms with van der Waals surface area (Å²) in [5, 5.41) is 0. The number of ketones is 1. The van der Waals surface area contributed by atoms with Crippen LogP contribution < -0.4 is 9.64 Å². The molecule has 146 valence electrons. The Morgan fingerprint density at radius 1 is 1.44 bits per heavy atom. The fraction of sp³-hybridized carbons (Fsp3) is 0.500. The van der Waals surface area contributed by atoms with Crippen molar-refractivity contribution in [1.29, 1.82) is 0 Å². The summed E-state index contributed by atoms with van der Waals surface area (Å²) in [5.41, 5.74) is 1.70. The lowest BCUT2D eigenvalue weighted by molar-refractivity contribution is -0.123. The molecule has 5 heteroatoms. The number of hydrogen-bond acceptors (Lipinski definition) is 5. The van der Waals surface area contributed by atoms with Crippen molar-refractivity contribution in [3.05, 3.63) is 48.3 Å². The van der Waals surface area contributed by atoms with E-state index in [1.54, 1.807) is 13.2 Å². The Bertz CT molecular complexity index is 755. The monoisotopic (exact) mass is 371 g/mol. The van der Waals surface area contributed by atoms with Crippen LogP contribution in [0.1, 0.15) is 25.3 Å². The van der Waals surface area contributed by atoms with E-state index in [1.807, 2.05) is 31.1 Å². The molecule has 0 radical (unpaired) electrons. The van der Waals surface area contributed by atoms with Gasteiger partial charge in [0.05, 0.1) is 12.8 Å². The van der Waals surface area contributed by atoms with Gasteiger partial charge >= 0.3 is 0 Å². The summed E-state index contributed by atoms with van der Waals surface area (Å²) in [6, 6.07) is 6.25. The predicted octanol–water partition coefficient (Wildman–Crippen LogP) is 3.73. The summed E-state index contributed by atoms with van der Waals surface area (Å²) >= 11 is 0. The molecule has 1 heterocycles. The smallest absolute Gasteiger partial charge is 0.189 e. The Morgan fingerprint density at radius 3 is 2.89 bits per heavy atom. The van der Waals surface area contributed by atoms with Gasteiger partial charge in [-0.1, -0.05) is 19.1 Å². The molecule has 0 bridgehead atoms. The molecule has 3 rings (SSSR count). The van der Waals surface area contributed by atoms with Crippen LogP contribution in [0.3, 0.4) is 0 Å². The van der Waals surface area contributed by atoms with Crippen LogP contribution in [0, 0.1) is 11.8 Å². The number of allylic oxidation sites excluding steroid dienone is 2. The molecule has 1 saturated heterocycles. The zero-order chi connectivity index (χ0) is 19.6. The number of fused-ring (bicyclic) bond motifs is 1. The van der Waals surface area contributed by atoms with Gasteiger partial charge in [-0.05, 0) is 42.9 Å². The number of nitrogens with zero attached hydrogens (tertiary/aromatic N) is 1. The van der Waals surface area contributed by atoms with Crippen molar-refractivity contribution in [2.24, 2.45) is 11.8 Å². The maximum absolute atomic E-state index is 12.4. The Kier molecular flexibility index (Phi) is 5.61. The molecule has 1 unspecified atom stereocenters. The van der Waals surface area contributed by atoms with Crippen molar-refractivity contribution in [3.8, 4) is 5.75 Å². The molecule has 5 nitrogen and oxygen atoms in total. The molecule has 0 saturated carbocycles. The number of carbonyl (C=O) groups is 1. The van der Waals surface area contributed by atoms with E-state index < -0.39 is 5.60 Å². The van der Waals surface area contributed by atoms with Crippen LogP contribution in [0.4, 0.5) is 5.69 Å². The molecule has 1 aromatic rings. The Labute approximate surface area is 161 Å². The lowest BCUT2D eigenvalue weighted by Crippen LogP contribution is -2.44. The molecule has 0 aromatic heterocycles.